The fraction of sp³-hybridized carbons (Fsp3) is 0.357. The van der Waals surface area contributed by atoms with Crippen LogP contribution < -0.4 is 5.32 Å². The number of pyridine rings is 1. The molecule has 1 fully saturated rings. The first kappa shape index (κ1) is 24.1. The zero-order valence-electron chi connectivity index (χ0n) is 19.9. The largest absolute Gasteiger partial charge is 0.372 e. The number of nitrogens with zero attached hydrogens (tertiary/aromatic N) is 3. The third kappa shape index (κ3) is 5.88. The average Bonchev–Trinajstić information content (AvgIpc) is 2.87. The molecule has 1 amide bonds. The van der Waals surface area contributed by atoms with E-state index in [1.807, 2.05) is 67.7 Å². The van der Waals surface area contributed by atoms with E-state index in [0.29, 0.717) is 16.4 Å². The van der Waals surface area contributed by atoms with Gasteiger partial charge in [-0.3, -0.25) is 4.79 Å². The summed E-state index contributed by atoms with van der Waals surface area (Å²) in [5, 5.41) is 5.71. The van der Waals surface area contributed by atoms with Crippen molar-refractivity contribution in [2.24, 2.45) is 0 Å². The first-order chi connectivity index (χ1) is 16.5. The second-order valence-electron chi connectivity index (χ2n) is 8.77. The monoisotopic (exact) mass is 474 g/mol. The summed E-state index contributed by atoms with van der Waals surface area (Å²) in [6, 6.07) is 13.2. The van der Waals surface area contributed by atoms with Crippen molar-refractivity contribution >= 4 is 34.1 Å². The number of piperidine rings is 1. The lowest BCUT2D eigenvalue weighted by Gasteiger charge is -2.27. The van der Waals surface area contributed by atoms with Gasteiger partial charge in [-0.05, 0) is 75.3 Å². The second-order valence-corrected chi connectivity index (χ2v) is 9.21. The van der Waals surface area contributed by atoms with Gasteiger partial charge in [0.25, 0.3) is 5.91 Å². The van der Waals surface area contributed by atoms with Crippen LogP contribution in [0.2, 0.25) is 5.02 Å². The summed E-state index contributed by atoms with van der Waals surface area (Å²) in [4.78, 5) is 21.6. The van der Waals surface area contributed by atoms with Crippen LogP contribution in [0.1, 0.15) is 47.2 Å². The summed E-state index contributed by atoms with van der Waals surface area (Å²) in [7, 11) is 3.71. The number of halogens is 1. The Kier molecular flexibility index (Phi) is 8.05. The normalized spacial score (nSPS) is 13.9. The number of likely N-dealkylation sites (tertiary alicyclic amines) is 1. The molecule has 4 rings (SSSR count). The Balaban J connectivity index is 1.43. The molecule has 0 atom stereocenters. The van der Waals surface area contributed by atoms with Gasteiger partial charge in [0.1, 0.15) is 5.82 Å². The van der Waals surface area contributed by atoms with Crippen molar-refractivity contribution in [2.75, 3.05) is 45.6 Å². The first-order valence-electron chi connectivity index (χ1n) is 11.9. The average molecular weight is 475 g/mol. The molecule has 0 unspecified atom stereocenters. The van der Waals surface area contributed by atoms with E-state index in [0.717, 1.165) is 41.4 Å². The molecule has 1 saturated heterocycles. The molecule has 5 nitrogen and oxygen atoms in total. The molecule has 34 heavy (non-hydrogen) atoms. The Morgan fingerprint density at radius 2 is 1.88 bits per heavy atom. The van der Waals surface area contributed by atoms with Crippen LogP contribution in [0.15, 0.2) is 48.7 Å². The molecule has 176 valence electrons. The van der Waals surface area contributed by atoms with E-state index in [-0.39, 0.29) is 5.91 Å². The van der Waals surface area contributed by atoms with E-state index in [1.165, 1.54) is 32.4 Å². The number of amides is 1. The Hall–Kier alpha value is -3.07. The highest BCUT2D eigenvalue weighted by Crippen LogP contribution is 2.26. The summed E-state index contributed by atoms with van der Waals surface area (Å²) < 4.78 is 0. The predicted molar refractivity (Wildman–Crippen MR) is 141 cm³/mol. The van der Waals surface area contributed by atoms with E-state index in [4.69, 9.17) is 11.6 Å². The highest BCUT2D eigenvalue weighted by atomic mass is 35.5. The SMILES string of the molecule is CNc1ncc2ccc(Cl)cc2c1C#Cc1ccc(C(=O)N(C)CCCN2CCCCC2)cc1. The van der Waals surface area contributed by atoms with Crippen molar-refractivity contribution in [3.8, 4) is 11.8 Å². The Morgan fingerprint density at radius 1 is 1.12 bits per heavy atom. The number of carbonyl (C=O) groups is 1. The maximum absolute atomic E-state index is 12.8. The van der Waals surface area contributed by atoms with Crippen LogP contribution in [-0.4, -0.2) is 61.0 Å². The summed E-state index contributed by atoms with van der Waals surface area (Å²) in [6.45, 7) is 4.21. The van der Waals surface area contributed by atoms with Crippen molar-refractivity contribution in [1.82, 2.24) is 14.8 Å². The highest BCUT2D eigenvalue weighted by Gasteiger charge is 2.13. The molecule has 0 bridgehead atoms. The van der Waals surface area contributed by atoms with Crippen LogP contribution in [0.4, 0.5) is 5.82 Å². The minimum Gasteiger partial charge on any atom is -0.372 e. The Morgan fingerprint density at radius 3 is 2.62 bits per heavy atom. The summed E-state index contributed by atoms with van der Waals surface area (Å²) in [6.07, 6.45) is 6.75. The fourth-order valence-electron chi connectivity index (χ4n) is 4.37. The molecule has 1 aliphatic heterocycles. The third-order valence-electron chi connectivity index (χ3n) is 6.32. The highest BCUT2D eigenvalue weighted by molar-refractivity contribution is 6.31. The molecular weight excluding hydrogens is 444 g/mol. The lowest BCUT2D eigenvalue weighted by atomic mass is 10.1. The molecule has 6 heteroatoms. The van der Waals surface area contributed by atoms with Crippen molar-refractivity contribution in [1.29, 1.82) is 0 Å². The van der Waals surface area contributed by atoms with Crippen LogP contribution in [0.3, 0.4) is 0 Å². The molecule has 1 aromatic heterocycles. The maximum atomic E-state index is 12.8. The molecule has 0 radical (unpaired) electrons. The lowest BCUT2D eigenvalue weighted by Crippen LogP contribution is -2.34. The minimum absolute atomic E-state index is 0.0449. The molecule has 0 spiro atoms. The molecule has 2 heterocycles. The molecule has 0 aliphatic carbocycles. The van der Waals surface area contributed by atoms with Gasteiger partial charge < -0.3 is 15.1 Å². The van der Waals surface area contributed by atoms with Gasteiger partial charge in [0.05, 0.1) is 5.56 Å². The van der Waals surface area contributed by atoms with E-state index < -0.39 is 0 Å². The zero-order valence-corrected chi connectivity index (χ0v) is 20.7. The smallest absolute Gasteiger partial charge is 0.253 e. The van der Waals surface area contributed by atoms with Crippen molar-refractivity contribution in [3.63, 3.8) is 0 Å². The Bertz CT molecular complexity index is 1210. The maximum Gasteiger partial charge on any atom is 0.253 e. The number of hydrogen-bond donors (Lipinski definition) is 1. The van der Waals surface area contributed by atoms with Crippen molar-refractivity contribution in [2.45, 2.75) is 25.7 Å². The van der Waals surface area contributed by atoms with E-state index in [1.54, 1.807) is 0 Å². The van der Waals surface area contributed by atoms with Crippen LogP contribution in [0.25, 0.3) is 10.8 Å². The third-order valence-corrected chi connectivity index (χ3v) is 6.55. The molecule has 1 aliphatic rings. The number of rotatable bonds is 6. The summed E-state index contributed by atoms with van der Waals surface area (Å²) >= 11 is 6.22. The number of fused-ring (bicyclic) bond motifs is 1. The second kappa shape index (κ2) is 11.4. The van der Waals surface area contributed by atoms with E-state index in [2.05, 4.69) is 27.0 Å². The van der Waals surface area contributed by atoms with Gasteiger partial charge in [-0.2, -0.15) is 0 Å². The van der Waals surface area contributed by atoms with Gasteiger partial charge in [-0.15, -0.1) is 0 Å². The quantitative estimate of drug-likeness (QED) is 0.494. The number of hydrogen-bond acceptors (Lipinski definition) is 4. The van der Waals surface area contributed by atoms with Gasteiger partial charge in [0.15, 0.2) is 0 Å². The van der Waals surface area contributed by atoms with Gasteiger partial charge >= 0.3 is 0 Å². The van der Waals surface area contributed by atoms with Crippen molar-refractivity contribution < 1.29 is 4.79 Å². The number of aromatic nitrogens is 1. The lowest BCUT2D eigenvalue weighted by molar-refractivity contribution is 0.0787. The van der Waals surface area contributed by atoms with Crippen LogP contribution in [-0.2, 0) is 0 Å². The molecule has 3 aromatic rings. The number of benzene rings is 2. The molecule has 2 aromatic carbocycles. The van der Waals surface area contributed by atoms with Crippen LogP contribution in [0, 0.1) is 11.8 Å². The van der Waals surface area contributed by atoms with Crippen molar-refractivity contribution in [3.05, 3.63) is 70.4 Å². The van der Waals surface area contributed by atoms with E-state index in [9.17, 15) is 4.79 Å². The predicted octanol–water partition coefficient (Wildman–Crippen LogP) is 5.28. The van der Waals surface area contributed by atoms with E-state index >= 15 is 0 Å². The van der Waals surface area contributed by atoms with Crippen LogP contribution >= 0.6 is 11.6 Å². The summed E-state index contributed by atoms with van der Waals surface area (Å²) in [5.74, 6) is 7.21. The van der Waals surface area contributed by atoms with Crippen LogP contribution in [0.5, 0.6) is 0 Å². The topological polar surface area (TPSA) is 48.5 Å². The van der Waals surface area contributed by atoms with Gasteiger partial charge in [-0.1, -0.05) is 35.9 Å². The molecule has 0 saturated carbocycles. The molecular formula is C28H31ClN4O. The molecule has 1 N–H and O–H groups in total. The van der Waals surface area contributed by atoms with Gasteiger partial charge in [0.2, 0.25) is 0 Å². The number of nitrogens with one attached hydrogen (secondary N) is 1. The zero-order chi connectivity index (χ0) is 23.9. The Labute approximate surface area is 207 Å². The fourth-order valence-corrected chi connectivity index (χ4v) is 4.54. The summed E-state index contributed by atoms with van der Waals surface area (Å²) in [5.41, 5.74) is 2.32. The first-order valence-corrected chi connectivity index (χ1v) is 12.3. The minimum atomic E-state index is 0.0449. The number of carbonyl (C=O) groups excluding carboxylic acids is 1. The number of anilines is 1. The van der Waals surface area contributed by atoms with Gasteiger partial charge in [-0.25, -0.2) is 4.98 Å². The standard InChI is InChI=1S/C28H31ClN4O/c1-30-27-25(26-19-24(29)13-12-23(26)20-31-27)14-9-21-7-10-22(11-8-21)28(34)32(2)15-6-18-33-16-4-3-5-17-33/h7-8,10-13,19-20H,3-6,15-18H2,1-2H3,(H,30,31). The van der Waals surface area contributed by atoms with Gasteiger partial charge in [0, 0.05) is 53.8 Å².